The average Bonchev–Trinajstić information content (AvgIpc) is 3.36. The number of benzene rings is 2. The summed E-state index contributed by atoms with van der Waals surface area (Å²) >= 11 is 1.29. The molecule has 0 spiro atoms. The van der Waals surface area contributed by atoms with E-state index in [1.807, 2.05) is 6.92 Å². The zero-order valence-electron chi connectivity index (χ0n) is 17.9. The van der Waals surface area contributed by atoms with Crippen molar-refractivity contribution in [2.45, 2.75) is 19.4 Å². The molecule has 0 radical (unpaired) electrons. The van der Waals surface area contributed by atoms with Crippen molar-refractivity contribution in [3.05, 3.63) is 76.2 Å². The zero-order valence-corrected chi connectivity index (χ0v) is 18.7. The Bertz CT molecular complexity index is 1280. The maximum Gasteiger partial charge on any atom is 0.230 e. The highest BCUT2D eigenvalue weighted by Gasteiger charge is 2.32. The first kappa shape index (κ1) is 21.7. The van der Waals surface area contributed by atoms with E-state index in [-0.39, 0.29) is 11.7 Å². The molecule has 6 nitrogen and oxygen atoms in total. The van der Waals surface area contributed by atoms with Gasteiger partial charge in [-0.25, -0.2) is 18.2 Å². The summed E-state index contributed by atoms with van der Waals surface area (Å²) in [6, 6.07) is 9.70. The van der Waals surface area contributed by atoms with Crippen LogP contribution < -0.4 is 4.90 Å². The predicted molar refractivity (Wildman–Crippen MR) is 120 cm³/mol. The van der Waals surface area contributed by atoms with Crippen LogP contribution in [-0.4, -0.2) is 50.8 Å². The number of aromatic hydroxyl groups is 1. The molecule has 4 aromatic rings. The Morgan fingerprint density at radius 3 is 2.36 bits per heavy atom. The summed E-state index contributed by atoms with van der Waals surface area (Å²) in [4.78, 5) is 9.84. The number of aromatic nitrogens is 3. The number of anilines is 1. The fourth-order valence-corrected chi connectivity index (χ4v) is 5.36. The SMILES string of the molecule is CCc1nc2sc([C@H](c3ccc(F)c(F)c3)N3CCN(c4ccc(F)cc4)CC3)c(O)n2n1. The molecule has 0 unspecified atom stereocenters. The molecule has 33 heavy (non-hydrogen) atoms. The Balaban J connectivity index is 1.48. The molecule has 0 aliphatic carbocycles. The Morgan fingerprint density at radius 1 is 1.00 bits per heavy atom. The molecular weight excluding hydrogens is 451 g/mol. The zero-order chi connectivity index (χ0) is 23.1. The van der Waals surface area contributed by atoms with E-state index >= 15 is 0 Å². The van der Waals surface area contributed by atoms with Crippen LogP contribution in [0, 0.1) is 17.5 Å². The second kappa shape index (κ2) is 8.68. The maximum absolute atomic E-state index is 14.2. The van der Waals surface area contributed by atoms with E-state index in [4.69, 9.17) is 0 Å². The second-order valence-corrected chi connectivity index (χ2v) is 8.95. The van der Waals surface area contributed by atoms with E-state index in [0.29, 0.717) is 53.8 Å². The molecule has 1 saturated heterocycles. The molecule has 1 atom stereocenters. The molecule has 3 heterocycles. The van der Waals surface area contributed by atoms with E-state index < -0.39 is 17.7 Å². The molecular formula is C23H22F3N5OS. The highest BCUT2D eigenvalue weighted by molar-refractivity contribution is 7.17. The van der Waals surface area contributed by atoms with Gasteiger partial charge in [-0.05, 0) is 42.0 Å². The van der Waals surface area contributed by atoms with Crippen LogP contribution in [0.1, 0.15) is 29.2 Å². The monoisotopic (exact) mass is 473 g/mol. The van der Waals surface area contributed by atoms with Crippen LogP contribution in [0.15, 0.2) is 42.5 Å². The first-order valence-corrected chi connectivity index (χ1v) is 11.5. The molecule has 1 N–H and O–H groups in total. The van der Waals surface area contributed by atoms with Gasteiger partial charge in [-0.1, -0.05) is 24.3 Å². The normalized spacial score (nSPS) is 15.9. The van der Waals surface area contributed by atoms with Crippen molar-refractivity contribution in [3.63, 3.8) is 0 Å². The van der Waals surface area contributed by atoms with Crippen molar-refractivity contribution in [1.82, 2.24) is 19.5 Å². The van der Waals surface area contributed by atoms with Gasteiger partial charge in [0, 0.05) is 38.3 Å². The molecule has 2 aromatic heterocycles. The van der Waals surface area contributed by atoms with E-state index in [9.17, 15) is 18.3 Å². The third-order valence-corrected chi connectivity index (χ3v) is 7.01. The molecule has 1 fully saturated rings. The van der Waals surface area contributed by atoms with Gasteiger partial charge in [0.05, 0.1) is 10.9 Å². The fraction of sp³-hybridized carbons (Fsp3) is 0.304. The van der Waals surface area contributed by atoms with Gasteiger partial charge < -0.3 is 10.0 Å². The first-order valence-electron chi connectivity index (χ1n) is 10.7. The molecule has 0 saturated carbocycles. The van der Waals surface area contributed by atoms with Crippen molar-refractivity contribution < 1.29 is 18.3 Å². The van der Waals surface area contributed by atoms with Crippen molar-refractivity contribution in [2.75, 3.05) is 31.1 Å². The lowest BCUT2D eigenvalue weighted by Gasteiger charge is -2.40. The van der Waals surface area contributed by atoms with Crippen LogP contribution in [0.2, 0.25) is 0 Å². The minimum atomic E-state index is -0.935. The lowest BCUT2D eigenvalue weighted by molar-refractivity contribution is 0.210. The summed E-state index contributed by atoms with van der Waals surface area (Å²) in [5, 5.41) is 15.3. The summed E-state index contributed by atoms with van der Waals surface area (Å²) < 4.78 is 42.5. The first-order chi connectivity index (χ1) is 15.9. The summed E-state index contributed by atoms with van der Waals surface area (Å²) in [5.74, 6) is -1.56. The lowest BCUT2D eigenvalue weighted by atomic mass is 10.0. The Hall–Kier alpha value is -3.11. The molecule has 1 aliphatic heterocycles. The average molecular weight is 474 g/mol. The molecule has 5 rings (SSSR count). The lowest BCUT2D eigenvalue weighted by Crippen LogP contribution is -2.47. The van der Waals surface area contributed by atoms with Crippen molar-refractivity contribution in [2.24, 2.45) is 0 Å². The number of thiazole rings is 1. The number of rotatable bonds is 5. The highest BCUT2D eigenvalue weighted by Crippen LogP contribution is 2.40. The minimum Gasteiger partial charge on any atom is -0.492 e. The summed E-state index contributed by atoms with van der Waals surface area (Å²) in [7, 11) is 0. The topological polar surface area (TPSA) is 56.9 Å². The van der Waals surface area contributed by atoms with Crippen molar-refractivity contribution in [1.29, 1.82) is 0 Å². The van der Waals surface area contributed by atoms with Gasteiger partial charge in [0.15, 0.2) is 17.5 Å². The number of hydrogen-bond donors (Lipinski definition) is 1. The van der Waals surface area contributed by atoms with Crippen LogP contribution >= 0.6 is 11.3 Å². The maximum atomic E-state index is 14.2. The quantitative estimate of drug-likeness (QED) is 0.466. The Kier molecular flexibility index (Phi) is 5.71. The summed E-state index contributed by atoms with van der Waals surface area (Å²) in [6.45, 7) is 4.46. The smallest absolute Gasteiger partial charge is 0.230 e. The number of piperazine rings is 1. The third-order valence-electron chi connectivity index (χ3n) is 5.94. The molecule has 10 heteroatoms. The van der Waals surface area contributed by atoms with Gasteiger partial charge in [-0.2, -0.15) is 4.52 Å². The highest BCUT2D eigenvalue weighted by atomic mass is 32.1. The van der Waals surface area contributed by atoms with Gasteiger partial charge in [0.25, 0.3) is 0 Å². The van der Waals surface area contributed by atoms with Gasteiger partial charge in [-0.15, -0.1) is 5.10 Å². The summed E-state index contributed by atoms with van der Waals surface area (Å²) in [5.41, 5.74) is 1.47. The van der Waals surface area contributed by atoms with Crippen LogP contribution in [-0.2, 0) is 6.42 Å². The van der Waals surface area contributed by atoms with Gasteiger partial charge in [0.2, 0.25) is 10.8 Å². The van der Waals surface area contributed by atoms with Crippen molar-refractivity contribution in [3.8, 4) is 5.88 Å². The molecule has 1 aliphatic rings. The minimum absolute atomic E-state index is 0.0436. The van der Waals surface area contributed by atoms with Gasteiger partial charge in [0.1, 0.15) is 5.82 Å². The number of halogens is 3. The van der Waals surface area contributed by atoms with E-state index in [1.54, 1.807) is 18.2 Å². The molecule has 0 amide bonds. The van der Waals surface area contributed by atoms with E-state index in [1.165, 1.54) is 34.1 Å². The van der Waals surface area contributed by atoms with Crippen molar-refractivity contribution >= 4 is 22.0 Å². The van der Waals surface area contributed by atoms with Crippen LogP contribution in [0.25, 0.3) is 4.96 Å². The third kappa shape index (κ3) is 4.04. The van der Waals surface area contributed by atoms with E-state index in [0.717, 1.165) is 11.8 Å². The Labute approximate surface area is 192 Å². The fourth-order valence-electron chi connectivity index (χ4n) is 4.22. The van der Waals surface area contributed by atoms with Gasteiger partial charge >= 0.3 is 0 Å². The number of hydrogen-bond acceptors (Lipinski definition) is 6. The predicted octanol–water partition coefficient (Wildman–Crippen LogP) is 4.39. The van der Waals surface area contributed by atoms with E-state index in [2.05, 4.69) is 19.9 Å². The van der Waals surface area contributed by atoms with Crippen LogP contribution in [0.3, 0.4) is 0 Å². The standard InChI is InChI=1S/C23H22F3N5OS/c1-2-19-27-23-31(28-19)22(32)21(33-23)20(14-3-8-17(25)18(26)13-14)30-11-9-29(10-12-30)16-6-4-15(24)5-7-16/h3-8,13,20,32H,2,9-12H2,1H3/t20-/m0/s1. The largest absolute Gasteiger partial charge is 0.492 e. The van der Waals surface area contributed by atoms with Crippen LogP contribution in [0.5, 0.6) is 5.88 Å². The van der Waals surface area contributed by atoms with Crippen LogP contribution in [0.4, 0.5) is 18.9 Å². The number of fused-ring (bicyclic) bond motifs is 1. The van der Waals surface area contributed by atoms with Gasteiger partial charge in [-0.3, -0.25) is 4.90 Å². The summed E-state index contributed by atoms with van der Waals surface area (Å²) in [6.07, 6.45) is 0.640. The molecule has 0 bridgehead atoms. The number of aryl methyl sites for hydroxylation is 1. The number of nitrogens with zero attached hydrogens (tertiary/aromatic N) is 5. The molecule has 172 valence electrons. The second-order valence-electron chi connectivity index (χ2n) is 7.94. The Morgan fingerprint density at radius 2 is 1.73 bits per heavy atom. The molecule has 2 aromatic carbocycles.